The normalized spacial score (nSPS) is 17.5. The lowest BCUT2D eigenvalue weighted by Crippen LogP contribution is -2.45. The first-order valence-corrected chi connectivity index (χ1v) is 11.2. The van der Waals surface area contributed by atoms with Gasteiger partial charge in [0.15, 0.2) is 0 Å². The van der Waals surface area contributed by atoms with Gasteiger partial charge in [-0.3, -0.25) is 4.79 Å². The second-order valence-corrected chi connectivity index (χ2v) is 8.90. The van der Waals surface area contributed by atoms with Crippen LogP contribution in [-0.2, 0) is 9.53 Å². The highest BCUT2D eigenvalue weighted by Crippen LogP contribution is 2.34. The van der Waals surface area contributed by atoms with Gasteiger partial charge in [0.1, 0.15) is 11.5 Å². The van der Waals surface area contributed by atoms with E-state index < -0.39 is 0 Å². The molecule has 4 rings (SSSR count). The number of carbonyl (C=O) groups is 1. The quantitative estimate of drug-likeness (QED) is 0.515. The van der Waals surface area contributed by atoms with Crippen molar-refractivity contribution in [1.29, 1.82) is 0 Å². The summed E-state index contributed by atoms with van der Waals surface area (Å²) in [5, 5.41) is 0. The topological polar surface area (TPSA) is 38.8 Å². The number of ketones is 1. The third kappa shape index (κ3) is 5.42. The van der Waals surface area contributed by atoms with E-state index in [2.05, 4.69) is 60.4 Å². The number of carbonyl (C=O) groups excluding carboxylic acids is 1. The maximum Gasteiger partial charge on any atom is 0.135 e. The number of benzene rings is 2. The lowest BCUT2D eigenvalue weighted by Gasteiger charge is -2.41. The van der Waals surface area contributed by atoms with Crippen LogP contribution in [0.25, 0.3) is 0 Å². The van der Waals surface area contributed by atoms with E-state index in [0.29, 0.717) is 25.4 Å². The molecule has 2 aromatic carbocycles. The number of anilines is 1. The van der Waals surface area contributed by atoms with E-state index in [4.69, 9.17) is 9.47 Å². The van der Waals surface area contributed by atoms with Crippen LogP contribution in [0.15, 0.2) is 48.5 Å². The van der Waals surface area contributed by atoms with E-state index in [0.717, 1.165) is 31.4 Å². The van der Waals surface area contributed by atoms with Gasteiger partial charge in [0.25, 0.3) is 0 Å². The Hall–Kier alpha value is -2.33. The minimum Gasteiger partial charge on any atom is -0.493 e. The van der Waals surface area contributed by atoms with Gasteiger partial charge in [0.05, 0.1) is 13.2 Å². The summed E-state index contributed by atoms with van der Waals surface area (Å²) >= 11 is 0. The van der Waals surface area contributed by atoms with Crippen molar-refractivity contribution in [2.75, 3.05) is 38.3 Å². The monoisotopic (exact) mass is 407 g/mol. The van der Waals surface area contributed by atoms with E-state index in [-0.39, 0.29) is 11.7 Å². The number of ether oxygens (including phenoxy) is 2. The summed E-state index contributed by atoms with van der Waals surface area (Å²) in [6, 6.07) is 17.4. The second-order valence-electron chi connectivity index (χ2n) is 8.90. The van der Waals surface area contributed by atoms with Crippen LogP contribution >= 0.6 is 0 Å². The van der Waals surface area contributed by atoms with Crippen molar-refractivity contribution in [3.63, 3.8) is 0 Å². The molecule has 160 valence electrons. The standard InChI is InChI=1S/C26H33NO3/c1-19(15-25(28)13-14-29-2)21-5-7-22(8-6-21)23-16-27(17-23)24-9-11-26(12-10-24)30-18-20-3-4-20/h5-12,19-20,23H,3-4,13-18H2,1-2H3/t19-/m1/s1. The van der Waals surface area contributed by atoms with Gasteiger partial charge < -0.3 is 14.4 Å². The molecule has 1 aliphatic heterocycles. The summed E-state index contributed by atoms with van der Waals surface area (Å²) < 4.78 is 10.8. The molecule has 0 radical (unpaired) electrons. The average Bonchev–Trinajstić information content (AvgIpc) is 3.55. The zero-order valence-electron chi connectivity index (χ0n) is 18.2. The van der Waals surface area contributed by atoms with Gasteiger partial charge in [-0.05, 0) is 60.1 Å². The summed E-state index contributed by atoms with van der Waals surface area (Å²) in [5.41, 5.74) is 3.89. The van der Waals surface area contributed by atoms with Gasteiger partial charge in [-0.25, -0.2) is 0 Å². The highest BCUT2D eigenvalue weighted by Gasteiger charge is 2.28. The molecule has 4 heteroatoms. The maximum atomic E-state index is 12.0. The Morgan fingerprint density at radius 3 is 2.40 bits per heavy atom. The van der Waals surface area contributed by atoms with E-state index >= 15 is 0 Å². The number of hydrogen-bond acceptors (Lipinski definition) is 4. The lowest BCUT2D eigenvalue weighted by atomic mass is 9.88. The number of methoxy groups -OCH3 is 1. The fourth-order valence-electron chi connectivity index (χ4n) is 4.03. The summed E-state index contributed by atoms with van der Waals surface area (Å²) in [7, 11) is 1.64. The van der Waals surface area contributed by atoms with Gasteiger partial charge in [0, 0.05) is 44.6 Å². The van der Waals surface area contributed by atoms with Crippen molar-refractivity contribution in [1.82, 2.24) is 0 Å². The van der Waals surface area contributed by atoms with Crippen LogP contribution in [-0.4, -0.2) is 39.2 Å². The Kier molecular flexibility index (Phi) is 6.73. The Bertz CT molecular complexity index is 820. The van der Waals surface area contributed by atoms with Crippen LogP contribution in [0.2, 0.25) is 0 Å². The zero-order chi connectivity index (χ0) is 20.9. The predicted molar refractivity (Wildman–Crippen MR) is 121 cm³/mol. The zero-order valence-corrected chi connectivity index (χ0v) is 18.2. The minimum atomic E-state index is 0.252. The fourth-order valence-corrected chi connectivity index (χ4v) is 4.03. The molecule has 2 fully saturated rings. The van der Waals surface area contributed by atoms with Crippen molar-refractivity contribution < 1.29 is 14.3 Å². The van der Waals surface area contributed by atoms with E-state index in [9.17, 15) is 4.79 Å². The van der Waals surface area contributed by atoms with E-state index in [1.807, 2.05) is 0 Å². The SMILES string of the molecule is COCCC(=O)C[C@@H](C)c1ccc(C2CN(c3ccc(OCC4CC4)cc3)C2)cc1. The smallest absolute Gasteiger partial charge is 0.135 e. The number of rotatable bonds is 11. The van der Waals surface area contributed by atoms with E-state index in [1.165, 1.54) is 29.7 Å². The van der Waals surface area contributed by atoms with Gasteiger partial charge >= 0.3 is 0 Å². The predicted octanol–water partition coefficient (Wildman–Crippen LogP) is 5.18. The molecule has 4 nitrogen and oxygen atoms in total. The Labute approximate surface area is 180 Å². The largest absolute Gasteiger partial charge is 0.493 e. The van der Waals surface area contributed by atoms with Crippen LogP contribution in [0.4, 0.5) is 5.69 Å². The highest BCUT2D eigenvalue weighted by molar-refractivity contribution is 5.79. The molecule has 0 amide bonds. The van der Waals surface area contributed by atoms with Crippen LogP contribution < -0.4 is 9.64 Å². The molecule has 30 heavy (non-hydrogen) atoms. The molecule has 1 heterocycles. The third-order valence-corrected chi connectivity index (χ3v) is 6.36. The van der Waals surface area contributed by atoms with Crippen LogP contribution in [0.1, 0.15) is 55.6 Å². The molecule has 2 aliphatic rings. The van der Waals surface area contributed by atoms with Gasteiger partial charge in [-0.1, -0.05) is 31.2 Å². The highest BCUT2D eigenvalue weighted by atomic mass is 16.5. The van der Waals surface area contributed by atoms with Gasteiger partial charge in [0.2, 0.25) is 0 Å². The van der Waals surface area contributed by atoms with Crippen molar-refractivity contribution in [2.45, 2.75) is 44.4 Å². The molecular formula is C26H33NO3. The lowest BCUT2D eigenvalue weighted by molar-refractivity contribution is -0.120. The first-order chi connectivity index (χ1) is 14.6. The minimum absolute atomic E-state index is 0.252. The molecule has 1 saturated heterocycles. The van der Waals surface area contributed by atoms with Gasteiger partial charge in [-0.15, -0.1) is 0 Å². The molecule has 2 aromatic rings. The maximum absolute atomic E-state index is 12.0. The second kappa shape index (κ2) is 9.65. The van der Waals surface area contributed by atoms with Crippen molar-refractivity contribution in [3.8, 4) is 5.75 Å². The molecule has 1 aliphatic carbocycles. The van der Waals surface area contributed by atoms with Crippen molar-refractivity contribution in [3.05, 3.63) is 59.7 Å². The molecule has 0 unspecified atom stereocenters. The fraction of sp³-hybridized carbons (Fsp3) is 0.500. The van der Waals surface area contributed by atoms with Crippen LogP contribution in [0, 0.1) is 5.92 Å². The van der Waals surface area contributed by atoms with Crippen LogP contribution in [0.3, 0.4) is 0 Å². The molecule has 1 atom stereocenters. The Balaban J connectivity index is 1.24. The average molecular weight is 408 g/mol. The molecular weight excluding hydrogens is 374 g/mol. The Morgan fingerprint density at radius 1 is 1.07 bits per heavy atom. The molecule has 0 bridgehead atoms. The van der Waals surface area contributed by atoms with Crippen LogP contribution in [0.5, 0.6) is 5.75 Å². The summed E-state index contributed by atoms with van der Waals surface area (Å²) in [6.07, 6.45) is 3.73. The summed E-state index contributed by atoms with van der Waals surface area (Å²) in [6.45, 7) is 5.60. The third-order valence-electron chi connectivity index (χ3n) is 6.36. The van der Waals surface area contributed by atoms with Crippen molar-refractivity contribution >= 4 is 11.5 Å². The number of hydrogen-bond donors (Lipinski definition) is 0. The summed E-state index contributed by atoms with van der Waals surface area (Å²) in [5.74, 6) is 2.86. The number of nitrogens with zero attached hydrogens (tertiary/aromatic N) is 1. The van der Waals surface area contributed by atoms with Gasteiger partial charge in [-0.2, -0.15) is 0 Å². The molecule has 0 spiro atoms. The first kappa shape index (κ1) is 20.9. The Morgan fingerprint density at radius 2 is 1.77 bits per heavy atom. The van der Waals surface area contributed by atoms with E-state index in [1.54, 1.807) is 7.11 Å². The first-order valence-electron chi connectivity index (χ1n) is 11.2. The molecule has 0 N–H and O–H groups in total. The molecule has 1 saturated carbocycles. The number of Topliss-reactive ketones (excluding diaryl/α,β-unsaturated/α-hetero) is 1. The molecule has 0 aromatic heterocycles. The van der Waals surface area contributed by atoms with Crippen molar-refractivity contribution in [2.24, 2.45) is 5.92 Å². The summed E-state index contributed by atoms with van der Waals surface area (Å²) in [4.78, 5) is 14.4.